The van der Waals surface area contributed by atoms with Gasteiger partial charge in [-0.1, -0.05) is 18.9 Å². The number of aliphatic carboxylic acids is 1. The van der Waals surface area contributed by atoms with Crippen LogP contribution in [-0.2, 0) is 19.1 Å². The number of carboxylic acid groups (broad SMARTS) is 1. The Morgan fingerprint density at radius 2 is 1.94 bits per heavy atom. The van der Waals surface area contributed by atoms with Gasteiger partial charge in [0.05, 0.1) is 32.0 Å². The highest BCUT2D eigenvalue weighted by Gasteiger charge is 2.50. The van der Waals surface area contributed by atoms with Gasteiger partial charge in [0.15, 0.2) is 0 Å². The summed E-state index contributed by atoms with van der Waals surface area (Å²) < 4.78 is 21.3. The molecule has 2 saturated heterocycles. The number of tetrazole rings is 1. The number of hydrogen-bond donors (Lipinski definition) is 2. The number of fused-ring (bicyclic) bond motifs is 1. The van der Waals surface area contributed by atoms with Crippen molar-refractivity contribution < 1.29 is 28.9 Å². The second-order valence-electron chi connectivity index (χ2n) is 9.72. The van der Waals surface area contributed by atoms with Crippen LogP contribution < -0.4 is 10.1 Å². The number of carbonyl (C=O) groups excluding carboxylic acids is 1. The highest BCUT2D eigenvalue weighted by molar-refractivity contribution is 5.78. The molecular formula is C23H27N7O6. The lowest BCUT2D eigenvalue weighted by Crippen LogP contribution is -2.45. The van der Waals surface area contributed by atoms with Crippen LogP contribution in [0.3, 0.4) is 0 Å². The molecule has 4 heterocycles. The zero-order valence-electron chi connectivity index (χ0n) is 19.9. The number of aromatic nitrogens is 6. The number of carboxylic acids is 1. The number of hydrogen-bond acceptors (Lipinski definition) is 9. The van der Waals surface area contributed by atoms with Crippen molar-refractivity contribution in [2.24, 2.45) is 5.41 Å². The van der Waals surface area contributed by atoms with Gasteiger partial charge in [-0.05, 0) is 40.1 Å². The van der Waals surface area contributed by atoms with Crippen LogP contribution in [0, 0.1) is 5.41 Å². The van der Waals surface area contributed by atoms with Gasteiger partial charge in [-0.15, -0.1) is 0 Å². The van der Waals surface area contributed by atoms with Crippen LogP contribution in [0.2, 0.25) is 0 Å². The molecule has 13 nitrogen and oxygen atoms in total. The van der Waals surface area contributed by atoms with Crippen molar-refractivity contribution in [1.82, 2.24) is 35.1 Å². The molecule has 2 aromatic heterocycles. The minimum absolute atomic E-state index is 0.0846. The molecule has 5 rings (SSSR count). The Balaban J connectivity index is 1.21. The summed E-state index contributed by atoms with van der Waals surface area (Å²) in [7, 11) is 0. The summed E-state index contributed by atoms with van der Waals surface area (Å²) in [6.45, 7) is 4.06. The maximum absolute atomic E-state index is 12.6. The molecule has 0 unspecified atom stereocenters. The first-order chi connectivity index (χ1) is 17.3. The molecule has 13 heteroatoms. The first-order valence-electron chi connectivity index (χ1n) is 11.6. The second kappa shape index (κ2) is 9.66. The van der Waals surface area contributed by atoms with Crippen LogP contribution in [0.25, 0.3) is 5.69 Å². The minimum Gasteiger partial charge on any atom is -0.481 e. The fraction of sp³-hybridized carbons (Fsp3) is 0.478. The van der Waals surface area contributed by atoms with E-state index < -0.39 is 11.4 Å². The van der Waals surface area contributed by atoms with Crippen LogP contribution in [-0.4, -0.2) is 78.2 Å². The van der Waals surface area contributed by atoms with Crippen molar-refractivity contribution in [2.75, 3.05) is 13.2 Å². The number of imidazole rings is 1. The number of carbonyl (C=O) groups is 2. The van der Waals surface area contributed by atoms with Crippen LogP contribution in [0.5, 0.6) is 11.8 Å². The molecule has 190 valence electrons. The molecule has 0 spiro atoms. The van der Waals surface area contributed by atoms with E-state index in [0.717, 1.165) is 5.69 Å². The van der Waals surface area contributed by atoms with E-state index in [1.807, 2.05) is 35.0 Å². The fourth-order valence-corrected chi connectivity index (χ4v) is 4.64. The van der Waals surface area contributed by atoms with E-state index in [4.69, 9.17) is 19.3 Å². The summed E-state index contributed by atoms with van der Waals surface area (Å²) in [5.74, 6) is -0.618. The van der Waals surface area contributed by atoms with Crippen molar-refractivity contribution in [3.8, 4) is 17.4 Å². The molecule has 4 atom stereocenters. The molecule has 3 aromatic rings. The van der Waals surface area contributed by atoms with Gasteiger partial charge < -0.3 is 29.2 Å². The normalized spacial score (nSPS) is 23.4. The van der Waals surface area contributed by atoms with Gasteiger partial charge in [-0.3, -0.25) is 9.59 Å². The number of rotatable bonds is 9. The Bertz CT molecular complexity index is 1210. The Morgan fingerprint density at radius 1 is 1.17 bits per heavy atom. The highest BCUT2D eigenvalue weighted by atomic mass is 16.6. The Labute approximate surface area is 206 Å². The Kier molecular flexibility index (Phi) is 6.41. The molecule has 2 N–H and O–H groups in total. The van der Waals surface area contributed by atoms with E-state index >= 15 is 0 Å². The zero-order chi connectivity index (χ0) is 25.3. The Morgan fingerprint density at radius 3 is 2.67 bits per heavy atom. The molecule has 0 saturated carbocycles. The summed E-state index contributed by atoms with van der Waals surface area (Å²) >= 11 is 0. The molecular weight excluding hydrogens is 470 g/mol. The van der Waals surface area contributed by atoms with Crippen LogP contribution in [0.4, 0.5) is 0 Å². The Hall–Kier alpha value is -3.84. The largest absolute Gasteiger partial charge is 0.481 e. The third-order valence-corrected chi connectivity index (χ3v) is 6.27. The maximum Gasteiger partial charge on any atom is 0.341 e. The smallest absolute Gasteiger partial charge is 0.341 e. The topological polar surface area (TPSA) is 156 Å². The highest BCUT2D eigenvalue weighted by Crippen LogP contribution is 2.36. The predicted molar refractivity (Wildman–Crippen MR) is 123 cm³/mol. The van der Waals surface area contributed by atoms with E-state index in [0.29, 0.717) is 5.75 Å². The van der Waals surface area contributed by atoms with Crippen molar-refractivity contribution in [3.05, 3.63) is 43.0 Å². The van der Waals surface area contributed by atoms with Crippen molar-refractivity contribution in [1.29, 1.82) is 0 Å². The van der Waals surface area contributed by atoms with Crippen molar-refractivity contribution in [3.63, 3.8) is 0 Å². The van der Waals surface area contributed by atoms with Crippen LogP contribution >= 0.6 is 0 Å². The van der Waals surface area contributed by atoms with Gasteiger partial charge in [0.2, 0.25) is 5.91 Å². The minimum atomic E-state index is -0.937. The number of ether oxygens (including phenoxy) is 3. The standard InChI is InChI=1S/C23H27N7O6/c1-23(2,10-19(32)33)9-18(31)25-16-11-34-21-17(12-35-20(16)21)30-22(26-27-28-30)36-15-5-3-14(4-6-15)29-8-7-24-13-29/h3-8,13,16-17,20-21H,9-12H2,1-2H3,(H,25,31)(H,32,33)/t16-,17-,20+,21+/m0/s1. The van der Waals surface area contributed by atoms with E-state index in [1.54, 1.807) is 26.4 Å². The summed E-state index contributed by atoms with van der Waals surface area (Å²) in [4.78, 5) is 27.7. The van der Waals surface area contributed by atoms with Gasteiger partial charge in [0, 0.05) is 24.5 Å². The second-order valence-corrected chi connectivity index (χ2v) is 9.72. The van der Waals surface area contributed by atoms with Crippen LogP contribution in [0.15, 0.2) is 43.0 Å². The number of benzene rings is 1. The number of nitrogens with one attached hydrogen (secondary N) is 1. The average molecular weight is 498 g/mol. The maximum atomic E-state index is 12.6. The summed E-state index contributed by atoms with van der Waals surface area (Å²) in [5, 5.41) is 23.9. The summed E-state index contributed by atoms with van der Waals surface area (Å²) in [5.41, 5.74) is 0.272. The monoisotopic (exact) mass is 497 g/mol. The van der Waals surface area contributed by atoms with Gasteiger partial charge >= 0.3 is 12.0 Å². The molecule has 2 aliphatic heterocycles. The van der Waals surface area contributed by atoms with E-state index in [1.165, 1.54) is 4.68 Å². The van der Waals surface area contributed by atoms with Gasteiger partial charge in [0.25, 0.3) is 0 Å². The van der Waals surface area contributed by atoms with Crippen molar-refractivity contribution >= 4 is 11.9 Å². The molecule has 2 aliphatic rings. The van der Waals surface area contributed by atoms with E-state index in [-0.39, 0.29) is 62.3 Å². The van der Waals surface area contributed by atoms with Crippen molar-refractivity contribution in [2.45, 2.75) is 51.0 Å². The van der Waals surface area contributed by atoms with E-state index in [9.17, 15) is 9.59 Å². The average Bonchev–Trinajstić information content (AvgIpc) is 3.60. The molecule has 1 aromatic carbocycles. The molecule has 0 radical (unpaired) electrons. The quantitative estimate of drug-likeness (QED) is 0.443. The lowest BCUT2D eigenvalue weighted by molar-refractivity contribution is -0.139. The van der Waals surface area contributed by atoms with Crippen LogP contribution in [0.1, 0.15) is 32.7 Å². The van der Waals surface area contributed by atoms with Gasteiger partial charge in [0.1, 0.15) is 24.0 Å². The molecule has 36 heavy (non-hydrogen) atoms. The lowest BCUT2D eigenvalue weighted by atomic mass is 9.85. The predicted octanol–water partition coefficient (Wildman–Crippen LogP) is 1.37. The summed E-state index contributed by atoms with van der Waals surface area (Å²) in [6, 6.07) is 6.92. The molecule has 2 fully saturated rings. The molecule has 0 aliphatic carbocycles. The first-order valence-corrected chi connectivity index (χ1v) is 11.6. The zero-order valence-corrected chi connectivity index (χ0v) is 19.9. The number of nitrogens with zero attached hydrogens (tertiary/aromatic N) is 6. The molecule has 0 bridgehead atoms. The third kappa shape index (κ3) is 5.06. The fourth-order valence-electron chi connectivity index (χ4n) is 4.64. The third-order valence-electron chi connectivity index (χ3n) is 6.27. The first kappa shape index (κ1) is 23.9. The lowest BCUT2D eigenvalue weighted by Gasteiger charge is -2.24. The van der Waals surface area contributed by atoms with E-state index in [2.05, 4.69) is 25.8 Å². The molecule has 1 amide bonds. The summed E-state index contributed by atoms with van der Waals surface area (Å²) in [6.07, 6.45) is 4.49. The SMILES string of the molecule is CC(C)(CC(=O)O)CC(=O)N[C@H]1CO[C@H]2[C@@H]1OC[C@@H]2n1nnnc1Oc1ccc(-n2ccnc2)cc1. The van der Waals surface area contributed by atoms with Gasteiger partial charge in [-0.2, -0.15) is 4.68 Å². The number of amides is 1. The van der Waals surface area contributed by atoms with Gasteiger partial charge in [-0.25, -0.2) is 4.98 Å².